The topological polar surface area (TPSA) is 95.1 Å². The number of carbonyl (C=O) groups is 1. The molecule has 0 saturated heterocycles. The van der Waals surface area contributed by atoms with Crippen LogP contribution in [0.15, 0.2) is 36.8 Å². The summed E-state index contributed by atoms with van der Waals surface area (Å²) >= 11 is 0. The van der Waals surface area contributed by atoms with E-state index in [9.17, 15) is 4.79 Å². The van der Waals surface area contributed by atoms with Crippen molar-refractivity contribution in [3.8, 4) is 5.82 Å². The Labute approximate surface area is 171 Å². The third-order valence-corrected chi connectivity index (χ3v) is 5.24. The van der Waals surface area contributed by atoms with Crippen LogP contribution in [0.5, 0.6) is 0 Å². The van der Waals surface area contributed by atoms with Crippen molar-refractivity contribution in [2.75, 3.05) is 6.61 Å². The van der Waals surface area contributed by atoms with Gasteiger partial charge in [-0.1, -0.05) is 13.8 Å². The SMILES string of the molecule is CCOC1CC(N)(C(=O)NCc2ccnc(-n3cccn3)c2)C1(C)C.Cl.Cl. The highest BCUT2D eigenvalue weighted by molar-refractivity contribution is 5.88. The van der Waals surface area contributed by atoms with E-state index in [0.717, 1.165) is 5.56 Å². The number of hydrogen-bond donors (Lipinski definition) is 2. The minimum absolute atomic E-state index is 0. The first-order chi connectivity index (χ1) is 11.9. The molecule has 0 aromatic carbocycles. The first kappa shape index (κ1) is 23.4. The molecule has 2 aromatic rings. The maximum absolute atomic E-state index is 12.7. The predicted octanol–water partition coefficient (Wildman–Crippen LogP) is 2.26. The molecule has 3 N–H and O–H groups in total. The van der Waals surface area contributed by atoms with Crippen LogP contribution in [0.3, 0.4) is 0 Å². The normalized spacial score (nSPS) is 22.7. The third-order valence-electron chi connectivity index (χ3n) is 5.24. The number of rotatable bonds is 6. The standard InChI is InChI=1S/C18H25N5O2.2ClH/c1-4-25-14-11-18(19,17(14,2)3)16(24)21-12-13-6-8-20-15(10-13)23-9-5-7-22-23;;/h5-10,14H,4,11-12,19H2,1-3H3,(H,21,24);2*1H. The molecular weight excluding hydrogens is 389 g/mol. The Morgan fingerprint density at radius 1 is 1.41 bits per heavy atom. The van der Waals surface area contributed by atoms with Gasteiger partial charge in [0.1, 0.15) is 5.54 Å². The molecule has 0 spiro atoms. The Morgan fingerprint density at radius 3 is 2.74 bits per heavy atom. The lowest BCUT2D eigenvalue weighted by Crippen LogP contribution is -2.75. The molecule has 7 nitrogen and oxygen atoms in total. The van der Waals surface area contributed by atoms with Crippen molar-refractivity contribution in [3.05, 3.63) is 42.4 Å². The van der Waals surface area contributed by atoms with Gasteiger partial charge >= 0.3 is 0 Å². The van der Waals surface area contributed by atoms with Crippen LogP contribution >= 0.6 is 24.8 Å². The van der Waals surface area contributed by atoms with Crippen molar-refractivity contribution >= 4 is 30.7 Å². The van der Waals surface area contributed by atoms with Gasteiger partial charge in [0.05, 0.1) is 6.10 Å². The van der Waals surface area contributed by atoms with E-state index in [0.29, 0.717) is 25.4 Å². The van der Waals surface area contributed by atoms with Crippen LogP contribution in [0.2, 0.25) is 0 Å². The molecule has 2 atom stereocenters. The molecule has 1 fully saturated rings. The van der Waals surface area contributed by atoms with E-state index in [1.54, 1.807) is 17.1 Å². The molecular formula is C18H27Cl2N5O2. The Hall–Kier alpha value is -1.67. The third kappa shape index (κ3) is 4.27. The zero-order chi connectivity index (χ0) is 18.1. The average Bonchev–Trinajstić information content (AvgIpc) is 3.14. The van der Waals surface area contributed by atoms with Crippen LogP contribution < -0.4 is 11.1 Å². The van der Waals surface area contributed by atoms with Crippen LogP contribution in [-0.2, 0) is 16.1 Å². The monoisotopic (exact) mass is 415 g/mol. The second-order valence-electron chi connectivity index (χ2n) is 7.00. The van der Waals surface area contributed by atoms with Crippen molar-refractivity contribution in [2.45, 2.75) is 45.4 Å². The van der Waals surface area contributed by atoms with E-state index >= 15 is 0 Å². The number of nitrogens with two attached hydrogens (primary N) is 1. The largest absolute Gasteiger partial charge is 0.378 e. The fourth-order valence-corrected chi connectivity index (χ4v) is 3.26. The molecule has 2 heterocycles. The molecule has 9 heteroatoms. The summed E-state index contributed by atoms with van der Waals surface area (Å²) in [4.78, 5) is 17.0. The summed E-state index contributed by atoms with van der Waals surface area (Å²) in [6.07, 6.45) is 5.77. The maximum atomic E-state index is 12.7. The van der Waals surface area contributed by atoms with Crippen LogP contribution in [0.4, 0.5) is 0 Å². The molecule has 1 aliphatic rings. The minimum Gasteiger partial charge on any atom is -0.378 e. The predicted molar refractivity (Wildman–Crippen MR) is 108 cm³/mol. The number of halogens is 2. The quantitative estimate of drug-likeness (QED) is 0.753. The van der Waals surface area contributed by atoms with Crippen molar-refractivity contribution in [2.24, 2.45) is 11.1 Å². The molecule has 0 aliphatic heterocycles. The van der Waals surface area contributed by atoms with Gasteiger partial charge in [-0.15, -0.1) is 24.8 Å². The number of nitrogens with zero attached hydrogens (tertiary/aromatic N) is 3. The summed E-state index contributed by atoms with van der Waals surface area (Å²) < 4.78 is 7.36. The van der Waals surface area contributed by atoms with Crippen molar-refractivity contribution in [3.63, 3.8) is 0 Å². The van der Waals surface area contributed by atoms with E-state index in [1.807, 2.05) is 45.2 Å². The van der Waals surface area contributed by atoms with Gasteiger partial charge in [-0.2, -0.15) is 5.10 Å². The van der Waals surface area contributed by atoms with Crippen LogP contribution in [0.25, 0.3) is 5.82 Å². The molecule has 1 aliphatic carbocycles. The summed E-state index contributed by atoms with van der Waals surface area (Å²) in [5.74, 6) is 0.561. The maximum Gasteiger partial charge on any atom is 0.241 e. The Balaban J connectivity index is 0.00000182. The smallest absolute Gasteiger partial charge is 0.241 e. The first-order valence-corrected chi connectivity index (χ1v) is 8.52. The van der Waals surface area contributed by atoms with Gasteiger partial charge in [0, 0.05) is 43.6 Å². The molecule has 2 unspecified atom stereocenters. The molecule has 1 amide bonds. The molecule has 150 valence electrons. The van der Waals surface area contributed by atoms with Gasteiger partial charge in [0.2, 0.25) is 5.91 Å². The van der Waals surface area contributed by atoms with E-state index in [4.69, 9.17) is 10.5 Å². The van der Waals surface area contributed by atoms with Gasteiger partial charge in [0.25, 0.3) is 0 Å². The van der Waals surface area contributed by atoms with Crippen molar-refractivity contribution in [1.82, 2.24) is 20.1 Å². The second kappa shape index (κ2) is 9.01. The van der Waals surface area contributed by atoms with Crippen LogP contribution in [-0.4, -0.2) is 38.9 Å². The van der Waals surface area contributed by atoms with Gasteiger partial charge in [-0.3, -0.25) is 4.79 Å². The molecule has 0 bridgehead atoms. The number of carbonyl (C=O) groups excluding carboxylic acids is 1. The number of hydrogen-bond acceptors (Lipinski definition) is 5. The van der Waals surface area contributed by atoms with Gasteiger partial charge in [-0.05, 0) is 30.7 Å². The highest BCUT2D eigenvalue weighted by Gasteiger charge is 2.62. The van der Waals surface area contributed by atoms with Gasteiger partial charge < -0.3 is 15.8 Å². The highest BCUT2D eigenvalue weighted by atomic mass is 35.5. The molecule has 3 rings (SSSR count). The Morgan fingerprint density at radius 2 is 2.15 bits per heavy atom. The molecule has 27 heavy (non-hydrogen) atoms. The lowest BCUT2D eigenvalue weighted by molar-refractivity contribution is -0.170. The zero-order valence-corrected chi connectivity index (χ0v) is 17.3. The second-order valence-corrected chi connectivity index (χ2v) is 7.00. The van der Waals surface area contributed by atoms with E-state index in [-0.39, 0.29) is 36.8 Å². The summed E-state index contributed by atoms with van der Waals surface area (Å²) in [5.41, 5.74) is 6.03. The summed E-state index contributed by atoms with van der Waals surface area (Å²) in [5, 5.41) is 7.12. The molecule has 1 saturated carbocycles. The Kier molecular flexibility index (Phi) is 7.80. The molecule has 0 radical (unpaired) electrons. The fraction of sp³-hybridized carbons (Fsp3) is 0.500. The lowest BCUT2D eigenvalue weighted by atomic mass is 9.54. The van der Waals surface area contributed by atoms with Crippen molar-refractivity contribution in [1.29, 1.82) is 0 Å². The highest BCUT2D eigenvalue weighted by Crippen LogP contribution is 2.49. The first-order valence-electron chi connectivity index (χ1n) is 8.52. The number of nitrogens with one attached hydrogen (secondary N) is 1. The van der Waals surface area contributed by atoms with Crippen LogP contribution in [0, 0.1) is 5.41 Å². The molecule has 2 aromatic heterocycles. The van der Waals surface area contributed by atoms with E-state index in [1.165, 1.54) is 0 Å². The number of aromatic nitrogens is 3. The zero-order valence-electron chi connectivity index (χ0n) is 15.7. The van der Waals surface area contributed by atoms with E-state index in [2.05, 4.69) is 15.4 Å². The fourth-order valence-electron chi connectivity index (χ4n) is 3.26. The minimum atomic E-state index is -0.912. The van der Waals surface area contributed by atoms with Crippen molar-refractivity contribution < 1.29 is 9.53 Å². The Bertz CT molecular complexity index is 754. The summed E-state index contributed by atoms with van der Waals surface area (Å²) in [7, 11) is 0. The number of pyridine rings is 1. The summed E-state index contributed by atoms with van der Waals surface area (Å²) in [6.45, 7) is 6.94. The van der Waals surface area contributed by atoms with E-state index < -0.39 is 11.0 Å². The number of amides is 1. The van der Waals surface area contributed by atoms with Crippen LogP contribution in [0.1, 0.15) is 32.8 Å². The van der Waals surface area contributed by atoms with Gasteiger partial charge in [0.15, 0.2) is 5.82 Å². The summed E-state index contributed by atoms with van der Waals surface area (Å²) in [6, 6.07) is 5.60. The lowest BCUT2D eigenvalue weighted by Gasteiger charge is -2.57. The number of ether oxygens (including phenoxy) is 1. The van der Waals surface area contributed by atoms with Gasteiger partial charge in [-0.25, -0.2) is 9.67 Å². The average molecular weight is 416 g/mol.